The number of hydrogen-bond acceptors (Lipinski definition) is 5. The molecule has 2 heterocycles. The van der Waals surface area contributed by atoms with Gasteiger partial charge >= 0.3 is 0 Å². The number of rotatable bonds is 4. The number of halogens is 1. The van der Waals surface area contributed by atoms with Crippen molar-refractivity contribution < 1.29 is 14.4 Å². The number of carbonyl (C=O) groups is 3. The normalized spacial score (nSPS) is 17.5. The standard InChI is InChI=1S/C23H23ClN4O3/c1-15(29)25-17-9-7-16(8-10-17)20-21(27-13-11-26(2)12-14-27)23(31)28(22(20)30)19-6-4-3-5-18(19)24/h3-10H,11-14H2,1-2H3,(H,25,29). The van der Waals surface area contributed by atoms with Crippen LogP contribution in [0.3, 0.4) is 0 Å². The van der Waals surface area contributed by atoms with Crippen molar-refractivity contribution in [3.8, 4) is 0 Å². The Labute approximate surface area is 185 Å². The summed E-state index contributed by atoms with van der Waals surface area (Å²) in [7, 11) is 2.03. The highest BCUT2D eigenvalue weighted by Gasteiger charge is 2.43. The SMILES string of the molecule is CC(=O)Nc1ccc(C2=C(N3CCN(C)CC3)C(=O)N(c3ccccc3Cl)C2=O)cc1. The minimum atomic E-state index is -0.403. The average Bonchev–Trinajstić information content (AvgIpc) is 2.99. The highest BCUT2D eigenvalue weighted by atomic mass is 35.5. The Hall–Kier alpha value is -3.16. The molecule has 1 N–H and O–H groups in total. The fourth-order valence-electron chi connectivity index (χ4n) is 3.88. The number of nitrogens with zero attached hydrogens (tertiary/aromatic N) is 3. The summed E-state index contributed by atoms with van der Waals surface area (Å²) in [5.41, 5.74) is 2.36. The van der Waals surface area contributed by atoms with Crippen LogP contribution in [0, 0.1) is 0 Å². The van der Waals surface area contributed by atoms with E-state index in [-0.39, 0.29) is 11.8 Å². The van der Waals surface area contributed by atoms with Gasteiger partial charge in [0.1, 0.15) is 5.70 Å². The zero-order valence-corrected chi connectivity index (χ0v) is 18.1. The van der Waals surface area contributed by atoms with Crippen LogP contribution in [0.15, 0.2) is 54.2 Å². The fourth-order valence-corrected chi connectivity index (χ4v) is 4.10. The second-order valence-corrected chi connectivity index (χ2v) is 8.08. The van der Waals surface area contributed by atoms with E-state index in [1.807, 2.05) is 11.9 Å². The third-order valence-corrected chi connectivity index (χ3v) is 5.79. The van der Waals surface area contributed by atoms with Gasteiger partial charge in [-0.3, -0.25) is 14.4 Å². The zero-order valence-electron chi connectivity index (χ0n) is 17.4. The molecule has 0 unspecified atom stereocenters. The molecule has 0 atom stereocenters. The molecule has 8 heteroatoms. The van der Waals surface area contributed by atoms with E-state index in [4.69, 9.17) is 11.6 Å². The summed E-state index contributed by atoms with van der Waals surface area (Å²) in [4.78, 5) is 43.7. The molecule has 2 aromatic carbocycles. The Balaban J connectivity index is 1.78. The first-order chi connectivity index (χ1) is 14.9. The molecule has 2 aliphatic heterocycles. The molecule has 1 fully saturated rings. The third kappa shape index (κ3) is 4.06. The zero-order chi connectivity index (χ0) is 22.1. The van der Waals surface area contributed by atoms with Crippen LogP contribution >= 0.6 is 11.6 Å². The molecule has 160 valence electrons. The van der Waals surface area contributed by atoms with Gasteiger partial charge in [0.25, 0.3) is 11.8 Å². The van der Waals surface area contributed by atoms with E-state index < -0.39 is 5.91 Å². The van der Waals surface area contributed by atoms with Crippen LogP contribution in [0.5, 0.6) is 0 Å². The molecular weight excluding hydrogens is 416 g/mol. The van der Waals surface area contributed by atoms with Gasteiger partial charge in [0.05, 0.1) is 16.3 Å². The van der Waals surface area contributed by atoms with Gasteiger partial charge in [-0.15, -0.1) is 0 Å². The van der Waals surface area contributed by atoms with Crippen molar-refractivity contribution in [1.29, 1.82) is 0 Å². The maximum absolute atomic E-state index is 13.5. The minimum Gasteiger partial charge on any atom is -0.364 e. The summed E-state index contributed by atoms with van der Waals surface area (Å²) in [6, 6.07) is 13.8. The molecule has 0 radical (unpaired) electrons. The predicted molar refractivity (Wildman–Crippen MR) is 121 cm³/mol. The van der Waals surface area contributed by atoms with Crippen LogP contribution in [0.1, 0.15) is 12.5 Å². The van der Waals surface area contributed by atoms with Crippen LogP contribution in [-0.4, -0.2) is 60.7 Å². The Morgan fingerprint density at radius 1 is 0.935 bits per heavy atom. The van der Waals surface area contributed by atoms with Gasteiger partial charge in [-0.25, -0.2) is 4.90 Å². The van der Waals surface area contributed by atoms with E-state index in [0.29, 0.717) is 46.3 Å². The maximum Gasteiger partial charge on any atom is 0.282 e. The van der Waals surface area contributed by atoms with Crippen LogP contribution in [0.25, 0.3) is 5.57 Å². The summed E-state index contributed by atoms with van der Waals surface area (Å²) in [6.45, 7) is 4.32. The number of hydrogen-bond donors (Lipinski definition) is 1. The summed E-state index contributed by atoms with van der Waals surface area (Å²) < 4.78 is 0. The minimum absolute atomic E-state index is 0.179. The molecule has 0 saturated carbocycles. The van der Waals surface area contributed by atoms with Crippen molar-refractivity contribution in [2.24, 2.45) is 0 Å². The van der Waals surface area contributed by atoms with Crippen molar-refractivity contribution in [3.63, 3.8) is 0 Å². The Bertz CT molecular complexity index is 1070. The molecule has 2 aromatic rings. The Kier molecular flexibility index (Phi) is 5.80. The number of benzene rings is 2. The molecule has 0 bridgehead atoms. The van der Waals surface area contributed by atoms with Crippen LogP contribution < -0.4 is 10.2 Å². The highest BCUT2D eigenvalue weighted by molar-refractivity contribution is 6.47. The van der Waals surface area contributed by atoms with Crippen LogP contribution in [0.2, 0.25) is 5.02 Å². The van der Waals surface area contributed by atoms with Gasteiger partial charge in [-0.05, 0) is 36.9 Å². The number of piperazine rings is 1. The van der Waals surface area contributed by atoms with Crippen molar-refractivity contribution in [3.05, 3.63) is 64.8 Å². The van der Waals surface area contributed by atoms with E-state index >= 15 is 0 Å². The summed E-state index contributed by atoms with van der Waals surface area (Å²) in [5.74, 6) is -0.954. The lowest BCUT2D eigenvalue weighted by Gasteiger charge is -2.34. The molecule has 3 amide bonds. The summed E-state index contributed by atoms with van der Waals surface area (Å²) >= 11 is 6.33. The van der Waals surface area contributed by atoms with E-state index in [1.165, 1.54) is 6.92 Å². The molecule has 0 aromatic heterocycles. The van der Waals surface area contributed by atoms with Gasteiger partial charge in [0.15, 0.2) is 0 Å². The third-order valence-electron chi connectivity index (χ3n) is 5.47. The predicted octanol–water partition coefficient (Wildman–Crippen LogP) is 2.83. The highest BCUT2D eigenvalue weighted by Crippen LogP contribution is 2.37. The van der Waals surface area contributed by atoms with Gasteiger partial charge in [-0.1, -0.05) is 35.9 Å². The number of amides is 3. The van der Waals surface area contributed by atoms with Gasteiger partial charge in [0, 0.05) is 38.8 Å². The lowest BCUT2D eigenvalue weighted by Crippen LogP contribution is -2.46. The van der Waals surface area contributed by atoms with Crippen LogP contribution in [-0.2, 0) is 14.4 Å². The lowest BCUT2D eigenvalue weighted by molar-refractivity contribution is -0.121. The van der Waals surface area contributed by atoms with Gasteiger partial charge < -0.3 is 15.1 Å². The summed E-state index contributed by atoms with van der Waals surface area (Å²) in [6.07, 6.45) is 0. The van der Waals surface area contributed by atoms with Crippen molar-refractivity contribution in [2.75, 3.05) is 43.4 Å². The van der Waals surface area contributed by atoms with Gasteiger partial charge in [-0.2, -0.15) is 0 Å². The smallest absolute Gasteiger partial charge is 0.282 e. The molecule has 4 rings (SSSR count). The molecule has 31 heavy (non-hydrogen) atoms. The molecule has 0 spiro atoms. The lowest BCUT2D eigenvalue weighted by atomic mass is 10.0. The Morgan fingerprint density at radius 3 is 2.19 bits per heavy atom. The fraction of sp³-hybridized carbons (Fsp3) is 0.261. The number of para-hydroxylation sites is 1. The van der Waals surface area contributed by atoms with Crippen molar-refractivity contribution in [2.45, 2.75) is 6.92 Å². The van der Waals surface area contributed by atoms with E-state index in [0.717, 1.165) is 18.0 Å². The van der Waals surface area contributed by atoms with E-state index in [1.54, 1.807) is 48.5 Å². The van der Waals surface area contributed by atoms with Crippen molar-refractivity contribution in [1.82, 2.24) is 9.80 Å². The second kappa shape index (κ2) is 8.53. The van der Waals surface area contributed by atoms with E-state index in [9.17, 15) is 14.4 Å². The number of imide groups is 1. The molecular formula is C23H23ClN4O3. The van der Waals surface area contributed by atoms with Gasteiger partial charge in [0.2, 0.25) is 5.91 Å². The monoisotopic (exact) mass is 438 g/mol. The summed E-state index contributed by atoms with van der Waals surface area (Å²) in [5, 5.41) is 3.05. The van der Waals surface area contributed by atoms with E-state index in [2.05, 4.69) is 10.2 Å². The maximum atomic E-state index is 13.5. The Morgan fingerprint density at radius 2 is 1.58 bits per heavy atom. The largest absolute Gasteiger partial charge is 0.364 e. The van der Waals surface area contributed by atoms with Crippen LogP contribution in [0.4, 0.5) is 11.4 Å². The first-order valence-corrected chi connectivity index (χ1v) is 10.4. The average molecular weight is 439 g/mol. The number of nitrogens with one attached hydrogen (secondary N) is 1. The number of anilines is 2. The number of likely N-dealkylation sites (N-methyl/N-ethyl adjacent to an activating group) is 1. The second-order valence-electron chi connectivity index (χ2n) is 7.67. The van der Waals surface area contributed by atoms with Crippen molar-refractivity contribution >= 4 is 46.3 Å². The molecule has 2 aliphatic rings. The first kappa shape index (κ1) is 21.1. The topological polar surface area (TPSA) is 73.0 Å². The quantitative estimate of drug-likeness (QED) is 0.743. The first-order valence-electron chi connectivity index (χ1n) is 10.1. The number of carbonyl (C=O) groups excluding carboxylic acids is 3. The molecule has 7 nitrogen and oxygen atoms in total. The molecule has 1 saturated heterocycles. The molecule has 0 aliphatic carbocycles.